The molecule has 0 radical (unpaired) electrons. The molecule has 0 aliphatic heterocycles. The summed E-state index contributed by atoms with van der Waals surface area (Å²) in [6.45, 7) is 9.47. The van der Waals surface area contributed by atoms with Gasteiger partial charge in [-0.1, -0.05) is 34.1 Å². The van der Waals surface area contributed by atoms with Crippen molar-refractivity contribution in [3.63, 3.8) is 0 Å². The van der Waals surface area contributed by atoms with Crippen molar-refractivity contribution in [2.45, 2.75) is 47.0 Å². The van der Waals surface area contributed by atoms with Crippen molar-refractivity contribution in [3.05, 3.63) is 0 Å². The monoisotopic (exact) mass is 208 g/mol. The Morgan fingerprint density at radius 3 is 2.47 bits per heavy atom. The van der Waals surface area contributed by atoms with Crippen molar-refractivity contribution in [3.8, 4) is 0 Å². The van der Waals surface area contributed by atoms with Crippen LogP contribution in [0.25, 0.3) is 0 Å². The van der Waals surface area contributed by atoms with Crippen LogP contribution in [-0.4, -0.2) is 6.29 Å². The average molecular weight is 208 g/mol. The first-order valence-electron chi connectivity index (χ1n) is 6.46. The molecule has 0 spiro atoms. The zero-order valence-corrected chi connectivity index (χ0v) is 10.5. The highest BCUT2D eigenvalue weighted by Crippen LogP contribution is 2.60. The SMILES string of the molecule is CCC(C)(C)C1C(C)C2CC(C=O)C1C2. The van der Waals surface area contributed by atoms with Gasteiger partial charge in [-0.05, 0) is 41.9 Å². The number of rotatable bonds is 3. The molecule has 5 unspecified atom stereocenters. The van der Waals surface area contributed by atoms with Gasteiger partial charge in [-0.15, -0.1) is 0 Å². The fourth-order valence-electron chi connectivity index (χ4n) is 4.35. The largest absolute Gasteiger partial charge is 0.303 e. The highest BCUT2D eigenvalue weighted by molar-refractivity contribution is 5.55. The lowest BCUT2D eigenvalue weighted by molar-refractivity contribution is -0.114. The maximum Gasteiger partial charge on any atom is 0.123 e. The van der Waals surface area contributed by atoms with Gasteiger partial charge in [-0.3, -0.25) is 0 Å². The van der Waals surface area contributed by atoms with Crippen molar-refractivity contribution >= 4 is 6.29 Å². The van der Waals surface area contributed by atoms with Gasteiger partial charge in [0.15, 0.2) is 0 Å². The minimum Gasteiger partial charge on any atom is -0.303 e. The molecule has 0 saturated heterocycles. The molecule has 2 fully saturated rings. The lowest BCUT2D eigenvalue weighted by atomic mass is 9.62. The molecule has 1 heteroatoms. The molecular formula is C14H24O. The number of hydrogen-bond acceptors (Lipinski definition) is 1. The van der Waals surface area contributed by atoms with Gasteiger partial charge in [0.05, 0.1) is 0 Å². The highest BCUT2D eigenvalue weighted by Gasteiger charge is 2.54. The Labute approximate surface area is 93.6 Å². The van der Waals surface area contributed by atoms with Crippen molar-refractivity contribution in [2.24, 2.45) is 35.0 Å². The first kappa shape index (κ1) is 11.2. The third-order valence-corrected chi connectivity index (χ3v) is 5.46. The van der Waals surface area contributed by atoms with Gasteiger partial charge >= 0.3 is 0 Å². The lowest BCUT2D eigenvalue weighted by Gasteiger charge is -2.42. The second-order valence-corrected chi connectivity index (χ2v) is 6.42. The summed E-state index contributed by atoms with van der Waals surface area (Å²) < 4.78 is 0. The molecule has 15 heavy (non-hydrogen) atoms. The maximum absolute atomic E-state index is 11.1. The Balaban J connectivity index is 2.22. The smallest absolute Gasteiger partial charge is 0.123 e. The van der Waals surface area contributed by atoms with Crippen molar-refractivity contribution in [1.82, 2.24) is 0 Å². The Morgan fingerprint density at radius 1 is 1.33 bits per heavy atom. The summed E-state index contributed by atoms with van der Waals surface area (Å²) in [5, 5.41) is 0. The topological polar surface area (TPSA) is 17.1 Å². The normalized spacial score (nSPS) is 44.7. The van der Waals surface area contributed by atoms with Crippen LogP contribution in [0.5, 0.6) is 0 Å². The molecule has 1 nitrogen and oxygen atoms in total. The molecule has 0 aromatic carbocycles. The molecule has 5 atom stereocenters. The van der Waals surface area contributed by atoms with Crippen LogP contribution in [0.2, 0.25) is 0 Å². The Morgan fingerprint density at radius 2 is 2.00 bits per heavy atom. The lowest BCUT2D eigenvalue weighted by Crippen LogP contribution is -2.37. The van der Waals surface area contributed by atoms with Crippen LogP contribution in [0.4, 0.5) is 0 Å². The second-order valence-electron chi connectivity index (χ2n) is 6.42. The van der Waals surface area contributed by atoms with E-state index in [-0.39, 0.29) is 0 Å². The molecule has 0 amide bonds. The zero-order chi connectivity index (χ0) is 11.2. The summed E-state index contributed by atoms with van der Waals surface area (Å²) in [6.07, 6.45) is 4.95. The molecule has 2 rings (SSSR count). The van der Waals surface area contributed by atoms with Crippen LogP contribution < -0.4 is 0 Å². The first-order chi connectivity index (χ1) is 7.01. The predicted octanol–water partition coefficient (Wildman–Crippen LogP) is 3.53. The van der Waals surface area contributed by atoms with Gasteiger partial charge < -0.3 is 4.79 Å². The minimum absolute atomic E-state index is 0.377. The van der Waals surface area contributed by atoms with Gasteiger partial charge in [0.25, 0.3) is 0 Å². The number of carbonyl (C=O) groups is 1. The van der Waals surface area contributed by atoms with Gasteiger partial charge in [0, 0.05) is 5.92 Å². The molecule has 0 N–H and O–H groups in total. The van der Waals surface area contributed by atoms with E-state index in [4.69, 9.17) is 0 Å². The third kappa shape index (κ3) is 1.55. The predicted molar refractivity (Wildman–Crippen MR) is 62.5 cm³/mol. The summed E-state index contributed by atoms with van der Waals surface area (Å²) in [7, 11) is 0. The van der Waals surface area contributed by atoms with E-state index in [0.29, 0.717) is 17.3 Å². The Hall–Kier alpha value is -0.330. The summed E-state index contributed by atoms with van der Waals surface area (Å²) in [4.78, 5) is 11.1. The molecule has 0 aromatic heterocycles. The van der Waals surface area contributed by atoms with Crippen LogP contribution in [-0.2, 0) is 4.79 Å². The van der Waals surface area contributed by atoms with Crippen LogP contribution in [0, 0.1) is 35.0 Å². The molecule has 2 aliphatic rings. The Bertz CT molecular complexity index is 256. The number of hydrogen-bond donors (Lipinski definition) is 0. The molecular weight excluding hydrogens is 184 g/mol. The highest BCUT2D eigenvalue weighted by atomic mass is 16.1. The van der Waals surface area contributed by atoms with E-state index < -0.39 is 0 Å². The number of carbonyl (C=O) groups excluding carboxylic acids is 1. The van der Waals surface area contributed by atoms with E-state index in [1.807, 2.05) is 0 Å². The third-order valence-electron chi connectivity index (χ3n) is 5.46. The van der Waals surface area contributed by atoms with E-state index >= 15 is 0 Å². The standard InChI is InChI=1S/C14H24O/c1-5-14(3,4)13-9(2)10-6-11(8-15)12(13)7-10/h8-13H,5-7H2,1-4H3. The van der Waals surface area contributed by atoms with E-state index in [2.05, 4.69) is 27.7 Å². The fourth-order valence-corrected chi connectivity index (χ4v) is 4.35. The molecule has 86 valence electrons. The van der Waals surface area contributed by atoms with Gasteiger partial charge in [-0.25, -0.2) is 0 Å². The van der Waals surface area contributed by atoms with Crippen LogP contribution in [0.1, 0.15) is 47.0 Å². The average Bonchev–Trinajstić information content (AvgIpc) is 2.74. The van der Waals surface area contributed by atoms with Crippen LogP contribution in [0.15, 0.2) is 0 Å². The minimum atomic E-state index is 0.377. The van der Waals surface area contributed by atoms with Crippen molar-refractivity contribution in [1.29, 1.82) is 0 Å². The summed E-state index contributed by atoms with van der Waals surface area (Å²) in [5.74, 6) is 3.51. The molecule has 2 aliphatic carbocycles. The summed E-state index contributed by atoms with van der Waals surface area (Å²) in [6, 6.07) is 0. The zero-order valence-electron chi connectivity index (χ0n) is 10.5. The summed E-state index contributed by atoms with van der Waals surface area (Å²) >= 11 is 0. The molecule has 2 saturated carbocycles. The van der Waals surface area contributed by atoms with Gasteiger partial charge in [0.1, 0.15) is 6.29 Å². The Kier molecular flexibility index (Phi) is 2.68. The van der Waals surface area contributed by atoms with E-state index in [9.17, 15) is 4.79 Å². The van der Waals surface area contributed by atoms with Gasteiger partial charge in [0.2, 0.25) is 0 Å². The quantitative estimate of drug-likeness (QED) is 0.648. The number of fused-ring (bicyclic) bond motifs is 2. The van der Waals surface area contributed by atoms with E-state index in [1.54, 1.807) is 0 Å². The fraction of sp³-hybridized carbons (Fsp3) is 0.929. The van der Waals surface area contributed by atoms with E-state index in [0.717, 1.165) is 17.8 Å². The van der Waals surface area contributed by atoms with Gasteiger partial charge in [-0.2, -0.15) is 0 Å². The van der Waals surface area contributed by atoms with Crippen LogP contribution >= 0.6 is 0 Å². The van der Waals surface area contributed by atoms with Crippen molar-refractivity contribution < 1.29 is 4.79 Å². The molecule has 0 heterocycles. The van der Waals surface area contributed by atoms with E-state index in [1.165, 1.54) is 25.5 Å². The molecule has 0 aromatic rings. The van der Waals surface area contributed by atoms with Crippen molar-refractivity contribution in [2.75, 3.05) is 0 Å². The maximum atomic E-state index is 11.1. The first-order valence-corrected chi connectivity index (χ1v) is 6.46. The second kappa shape index (κ2) is 3.61. The van der Waals surface area contributed by atoms with Crippen LogP contribution in [0.3, 0.4) is 0 Å². The summed E-state index contributed by atoms with van der Waals surface area (Å²) in [5.41, 5.74) is 0.417. The number of aldehydes is 1. The molecule has 2 bridgehead atoms.